The minimum Gasteiger partial charge on any atom is -0.353 e. The van der Waals surface area contributed by atoms with Crippen molar-refractivity contribution in [1.29, 1.82) is 0 Å². The molecule has 0 bridgehead atoms. The number of hydrogen-bond acceptors (Lipinski definition) is 2. The summed E-state index contributed by atoms with van der Waals surface area (Å²) in [6.07, 6.45) is 4.96. The number of carbonyl (C=O) groups excluding carboxylic acids is 1. The molecule has 1 aliphatic carbocycles. The molecule has 2 nitrogen and oxygen atoms in total. The zero-order chi connectivity index (χ0) is 10.7. The van der Waals surface area contributed by atoms with Gasteiger partial charge in [-0.25, -0.2) is 0 Å². The van der Waals surface area contributed by atoms with Crippen LogP contribution in [0.15, 0.2) is 15.9 Å². The number of nitrogens with one attached hydrogen (secondary N) is 1. The Kier molecular flexibility index (Phi) is 3.81. The Labute approximate surface area is 102 Å². The lowest BCUT2D eigenvalue weighted by atomic mass is 10.2. The van der Waals surface area contributed by atoms with Gasteiger partial charge in [0.25, 0.3) is 0 Å². The van der Waals surface area contributed by atoms with E-state index in [1.807, 2.05) is 0 Å². The Morgan fingerprint density at radius 3 is 2.93 bits per heavy atom. The number of rotatable bonds is 5. The van der Waals surface area contributed by atoms with Crippen LogP contribution >= 0.6 is 27.3 Å². The predicted molar refractivity (Wildman–Crippen MR) is 66.1 cm³/mol. The van der Waals surface area contributed by atoms with Gasteiger partial charge in [0.1, 0.15) is 0 Å². The Bertz CT molecular complexity index is 346. The molecule has 0 atom stereocenters. The van der Waals surface area contributed by atoms with Crippen LogP contribution in [-0.4, -0.2) is 11.9 Å². The van der Waals surface area contributed by atoms with Gasteiger partial charge in [-0.1, -0.05) is 0 Å². The van der Waals surface area contributed by atoms with E-state index >= 15 is 0 Å². The second-order valence-corrected chi connectivity index (χ2v) is 6.45. The lowest BCUT2D eigenvalue weighted by Gasteiger charge is -2.01. The highest BCUT2D eigenvalue weighted by molar-refractivity contribution is 9.11. The van der Waals surface area contributed by atoms with E-state index < -0.39 is 0 Å². The van der Waals surface area contributed by atoms with Crippen LogP contribution in [0, 0.1) is 0 Å². The number of thiophene rings is 1. The summed E-state index contributed by atoms with van der Waals surface area (Å²) in [7, 11) is 0. The molecule has 1 N–H and O–H groups in total. The van der Waals surface area contributed by atoms with Crippen molar-refractivity contribution in [3.63, 3.8) is 0 Å². The monoisotopic (exact) mass is 287 g/mol. The maximum absolute atomic E-state index is 11.4. The molecule has 1 amide bonds. The molecule has 0 aromatic carbocycles. The molecular weight excluding hydrogens is 274 g/mol. The fourth-order valence-corrected chi connectivity index (χ4v) is 2.96. The third kappa shape index (κ3) is 3.95. The number of amides is 1. The van der Waals surface area contributed by atoms with Crippen molar-refractivity contribution in [2.24, 2.45) is 0 Å². The summed E-state index contributed by atoms with van der Waals surface area (Å²) < 4.78 is 1.17. The van der Waals surface area contributed by atoms with E-state index in [9.17, 15) is 4.79 Å². The zero-order valence-corrected chi connectivity index (χ0v) is 10.9. The topological polar surface area (TPSA) is 29.1 Å². The predicted octanol–water partition coefficient (Wildman–Crippen LogP) is 3.11. The van der Waals surface area contributed by atoms with Gasteiger partial charge in [0.15, 0.2) is 0 Å². The van der Waals surface area contributed by atoms with Crippen molar-refractivity contribution < 1.29 is 4.79 Å². The van der Waals surface area contributed by atoms with Gasteiger partial charge in [0.05, 0.1) is 3.79 Å². The summed E-state index contributed by atoms with van der Waals surface area (Å²) in [4.78, 5) is 12.7. The van der Waals surface area contributed by atoms with E-state index in [0.717, 1.165) is 12.8 Å². The number of carbonyl (C=O) groups is 1. The standard InChI is InChI=1S/C11H14BrNOS/c12-10-7-6-9(15-10)2-1-3-11(14)13-8-4-5-8/h6-8H,1-5H2,(H,13,14). The number of aryl methyl sites for hydroxylation is 1. The first-order valence-electron chi connectivity index (χ1n) is 5.27. The van der Waals surface area contributed by atoms with Crippen LogP contribution in [0.4, 0.5) is 0 Å². The lowest BCUT2D eigenvalue weighted by Crippen LogP contribution is -2.24. The SMILES string of the molecule is O=C(CCCc1ccc(Br)s1)NC1CC1. The molecule has 0 aliphatic heterocycles. The zero-order valence-electron chi connectivity index (χ0n) is 8.46. The molecule has 0 saturated heterocycles. The second-order valence-electron chi connectivity index (χ2n) is 3.90. The molecule has 0 spiro atoms. The van der Waals surface area contributed by atoms with E-state index in [1.54, 1.807) is 11.3 Å². The second kappa shape index (κ2) is 5.12. The highest BCUT2D eigenvalue weighted by atomic mass is 79.9. The van der Waals surface area contributed by atoms with Gasteiger partial charge in [-0.2, -0.15) is 0 Å². The van der Waals surface area contributed by atoms with Crippen molar-refractivity contribution in [3.8, 4) is 0 Å². The molecule has 1 saturated carbocycles. The van der Waals surface area contributed by atoms with Crippen molar-refractivity contribution in [3.05, 3.63) is 20.8 Å². The van der Waals surface area contributed by atoms with Gasteiger partial charge in [-0.15, -0.1) is 11.3 Å². The Morgan fingerprint density at radius 1 is 1.53 bits per heavy atom. The Balaban J connectivity index is 1.63. The van der Waals surface area contributed by atoms with E-state index in [4.69, 9.17) is 0 Å². The summed E-state index contributed by atoms with van der Waals surface area (Å²) in [6, 6.07) is 4.67. The van der Waals surface area contributed by atoms with Gasteiger partial charge in [-0.3, -0.25) is 4.79 Å². The molecule has 1 aliphatic rings. The van der Waals surface area contributed by atoms with Crippen molar-refractivity contribution in [2.75, 3.05) is 0 Å². The molecule has 1 fully saturated rings. The Morgan fingerprint density at radius 2 is 2.33 bits per heavy atom. The van der Waals surface area contributed by atoms with Gasteiger partial charge in [0.2, 0.25) is 5.91 Å². The average molecular weight is 288 g/mol. The van der Waals surface area contributed by atoms with E-state index in [2.05, 4.69) is 33.4 Å². The van der Waals surface area contributed by atoms with E-state index in [-0.39, 0.29) is 5.91 Å². The highest BCUT2D eigenvalue weighted by Crippen LogP contribution is 2.23. The van der Waals surface area contributed by atoms with Crippen LogP contribution < -0.4 is 5.32 Å². The number of halogens is 1. The van der Waals surface area contributed by atoms with Gasteiger partial charge in [-0.05, 0) is 53.7 Å². The third-order valence-electron chi connectivity index (χ3n) is 2.40. The molecular formula is C11H14BrNOS. The van der Waals surface area contributed by atoms with Crippen LogP contribution in [0.2, 0.25) is 0 Å². The minimum absolute atomic E-state index is 0.216. The molecule has 15 heavy (non-hydrogen) atoms. The quantitative estimate of drug-likeness (QED) is 0.886. The van der Waals surface area contributed by atoms with Crippen LogP contribution in [0.5, 0.6) is 0 Å². The van der Waals surface area contributed by atoms with Gasteiger partial charge >= 0.3 is 0 Å². The molecule has 2 rings (SSSR count). The van der Waals surface area contributed by atoms with Crippen LogP contribution in [0.1, 0.15) is 30.6 Å². The largest absolute Gasteiger partial charge is 0.353 e. The highest BCUT2D eigenvalue weighted by Gasteiger charge is 2.22. The molecule has 82 valence electrons. The normalized spacial score (nSPS) is 15.3. The van der Waals surface area contributed by atoms with Gasteiger partial charge in [0, 0.05) is 17.3 Å². The van der Waals surface area contributed by atoms with E-state index in [0.29, 0.717) is 12.5 Å². The Hall–Kier alpha value is -0.350. The third-order valence-corrected chi connectivity index (χ3v) is 4.08. The molecule has 1 aromatic heterocycles. The molecule has 0 radical (unpaired) electrons. The first-order valence-corrected chi connectivity index (χ1v) is 6.88. The minimum atomic E-state index is 0.216. The van der Waals surface area contributed by atoms with Crippen molar-refractivity contribution in [2.45, 2.75) is 38.1 Å². The summed E-state index contributed by atoms with van der Waals surface area (Å²) in [5.41, 5.74) is 0. The van der Waals surface area contributed by atoms with Gasteiger partial charge < -0.3 is 5.32 Å². The molecule has 0 unspecified atom stereocenters. The van der Waals surface area contributed by atoms with Crippen molar-refractivity contribution in [1.82, 2.24) is 5.32 Å². The summed E-state index contributed by atoms with van der Waals surface area (Å²) in [5, 5.41) is 3.00. The summed E-state index contributed by atoms with van der Waals surface area (Å²) >= 11 is 5.18. The van der Waals surface area contributed by atoms with Crippen LogP contribution in [0.3, 0.4) is 0 Å². The first-order chi connectivity index (χ1) is 7.24. The van der Waals surface area contributed by atoms with Crippen LogP contribution in [0.25, 0.3) is 0 Å². The smallest absolute Gasteiger partial charge is 0.220 e. The van der Waals surface area contributed by atoms with Crippen molar-refractivity contribution >= 4 is 33.2 Å². The molecule has 4 heteroatoms. The maximum atomic E-state index is 11.4. The molecule has 1 aromatic rings. The fraction of sp³-hybridized carbons (Fsp3) is 0.545. The average Bonchev–Trinajstić information content (AvgIpc) is 2.89. The summed E-state index contributed by atoms with van der Waals surface area (Å²) in [5.74, 6) is 0.216. The fourth-order valence-electron chi connectivity index (χ4n) is 1.44. The van der Waals surface area contributed by atoms with E-state index in [1.165, 1.54) is 21.5 Å². The number of hydrogen-bond donors (Lipinski definition) is 1. The molecule has 1 heterocycles. The van der Waals surface area contributed by atoms with Crippen LogP contribution in [-0.2, 0) is 11.2 Å². The summed E-state index contributed by atoms with van der Waals surface area (Å²) in [6.45, 7) is 0. The lowest BCUT2D eigenvalue weighted by molar-refractivity contribution is -0.121. The maximum Gasteiger partial charge on any atom is 0.220 e. The first kappa shape index (κ1) is 11.1.